The summed E-state index contributed by atoms with van der Waals surface area (Å²) >= 11 is 0. The van der Waals surface area contributed by atoms with Crippen LogP contribution < -0.4 is 16.6 Å². The maximum absolute atomic E-state index is 12.5. The Morgan fingerprint density at radius 1 is 1.14 bits per heavy atom. The van der Waals surface area contributed by atoms with Gasteiger partial charge in [-0.3, -0.25) is 13.9 Å². The predicted molar refractivity (Wildman–Crippen MR) is 114 cm³/mol. The van der Waals surface area contributed by atoms with Crippen LogP contribution in [-0.4, -0.2) is 36.4 Å². The van der Waals surface area contributed by atoms with Gasteiger partial charge in [-0.05, 0) is 56.8 Å². The van der Waals surface area contributed by atoms with Crippen LogP contribution in [0.3, 0.4) is 0 Å². The first-order valence-electron chi connectivity index (χ1n) is 9.84. The first-order valence-corrected chi connectivity index (χ1v) is 9.84. The van der Waals surface area contributed by atoms with Crippen molar-refractivity contribution in [3.8, 4) is 5.75 Å². The molecule has 0 spiro atoms. The molecule has 0 bridgehead atoms. The molecule has 3 aromatic rings. The number of aromatic nitrogens is 4. The maximum Gasteiger partial charge on any atom is 0.332 e. The molecule has 3 rings (SSSR count). The normalized spacial score (nSPS) is 12.6. The second kappa shape index (κ2) is 8.24. The van der Waals surface area contributed by atoms with Gasteiger partial charge in [-0.15, -0.1) is 0 Å². The zero-order valence-electron chi connectivity index (χ0n) is 17.7. The Bertz CT molecular complexity index is 1130. The van der Waals surface area contributed by atoms with Crippen LogP contribution in [0.2, 0.25) is 0 Å². The minimum atomic E-state index is -0.373. The average Bonchev–Trinajstić information content (AvgIpc) is 3.11. The third-order valence-electron chi connectivity index (χ3n) is 5.48. The van der Waals surface area contributed by atoms with Crippen molar-refractivity contribution in [3.05, 3.63) is 56.0 Å². The molecule has 8 heteroatoms. The smallest absolute Gasteiger partial charge is 0.332 e. The third-order valence-corrected chi connectivity index (χ3v) is 5.48. The van der Waals surface area contributed by atoms with E-state index in [1.54, 1.807) is 13.4 Å². The zero-order valence-corrected chi connectivity index (χ0v) is 17.7. The first-order chi connectivity index (χ1) is 13.7. The summed E-state index contributed by atoms with van der Waals surface area (Å²) in [6.45, 7) is 7.40. The van der Waals surface area contributed by atoms with Gasteiger partial charge in [-0.1, -0.05) is 12.1 Å². The van der Waals surface area contributed by atoms with E-state index < -0.39 is 0 Å². The number of aromatic hydroxyl groups is 1. The highest BCUT2D eigenvalue weighted by molar-refractivity contribution is 5.69. The number of fused-ring (bicyclic) bond motifs is 1. The van der Waals surface area contributed by atoms with Crippen LogP contribution in [0.1, 0.15) is 30.0 Å². The number of imidazole rings is 1. The van der Waals surface area contributed by atoms with E-state index in [4.69, 9.17) is 0 Å². The van der Waals surface area contributed by atoms with E-state index in [9.17, 15) is 14.7 Å². The number of phenolic OH excluding ortho intramolecular Hbond substituents is 1. The molecule has 1 unspecified atom stereocenters. The fraction of sp³-hybridized carbons (Fsp3) is 0.476. The molecule has 1 aromatic carbocycles. The summed E-state index contributed by atoms with van der Waals surface area (Å²) in [7, 11) is 3.11. The molecule has 0 aliphatic carbocycles. The number of hydrogen-bond acceptors (Lipinski definition) is 5. The standard InChI is InChI=1S/C21H29N5O3/c1-13-10-16(11-14(2)18(13)27)6-8-22-15(3)7-9-26-12-23-19-17(26)20(28)25(5)21(29)24(19)4/h10-12,15,22,27H,6-9H2,1-5H3. The van der Waals surface area contributed by atoms with Crippen LogP contribution in [0.5, 0.6) is 5.75 Å². The van der Waals surface area contributed by atoms with E-state index >= 15 is 0 Å². The minimum Gasteiger partial charge on any atom is -0.507 e. The summed E-state index contributed by atoms with van der Waals surface area (Å²) in [6, 6.07) is 4.29. The number of rotatable bonds is 7. The summed E-state index contributed by atoms with van der Waals surface area (Å²) in [6.07, 6.45) is 3.33. The molecular formula is C21H29N5O3. The van der Waals surface area contributed by atoms with E-state index in [1.165, 1.54) is 17.2 Å². The number of nitrogens with one attached hydrogen (secondary N) is 1. The zero-order chi connectivity index (χ0) is 21.3. The maximum atomic E-state index is 12.5. The van der Waals surface area contributed by atoms with Gasteiger partial charge in [0.2, 0.25) is 0 Å². The molecule has 0 amide bonds. The number of nitrogens with zero attached hydrogens (tertiary/aromatic N) is 4. The Morgan fingerprint density at radius 3 is 2.45 bits per heavy atom. The van der Waals surface area contributed by atoms with Gasteiger partial charge in [0, 0.05) is 26.7 Å². The fourth-order valence-corrected chi connectivity index (χ4v) is 3.65. The molecule has 0 saturated carbocycles. The Hall–Kier alpha value is -2.87. The monoisotopic (exact) mass is 399 g/mol. The minimum absolute atomic E-state index is 0.253. The van der Waals surface area contributed by atoms with Crippen LogP contribution in [0, 0.1) is 13.8 Å². The SMILES string of the molecule is Cc1cc(CCNC(C)CCn2cnc3c2c(=O)n(C)c(=O)n3C)cc(C)c1O. The number of aryl methyl sites for hydroxylation is 4. The predicted octanol–water partition coefficient (Wildman–Crippen LogP) is 1.37. The molecule has 8 nitrogen and oxygen atoms in total. The van der Waals surface area contributed by atoms with Crippen molar-refractivity contribution in [3.63, 3.8) is 0 Å². The van der Waals surface area contributed by atoms with Gasteiger partial charge in [-0.25, -0.2) is 9.78 Å². The molecule has 1 atom stereocenters. The lowest BCUT2D eigenvalue weighted by Crippen LogP contribution is -2.37. The molecule has 0 saturated heterocycles. The van der Waals surface area contributed by atoms with Gasteiger partial charge in [0.1, 0.15) is 5.75 Å². The lowest BCUT2D eigenvalue weighted by molar-refractivity contribution is 0.465. The van der Waals surface area contributed by atoms with Crippen LogP contribution >= 0.6 is 0 Å². The highest BCUT2D eigenvalue weighted by Crippen LogP contribution is 2.23. The lowest BCUT2D eigenvalue weighted by atomic mass is 10.0. The van der Waals surface area contributed by atoms with Crippen LogP contribution in [0.15, 0.2) is 28.0 Å². The molecule has 0 fully saturated rings. The fourth-order valence-electron chi connectivity index (χ4n) is 3.65. The molecule has 2 N–H and O–H groups in total. The molecule has 2 aromatic heterocycles. The Balaban J connectivity index is 1.61. The van der Waals surface area contributed by atoms with Crippen LogP contribution in [0.25, 0.3) is 11.2 Å². The second-order valence-electron chi connectivity index (χ2n) is 7.79. The summed E-state index contributed by atoms with van der Waals surface area (Å²) in [4.78, 5) is 28.8. The summed E-state index contributed by atoms with van der Waals surface area (Å²) in [5, 5.41) is 13.4. The van der Waals surface area contributed by atoms with Gasteiger partial charge in [-0.2, -0.15) is 0 Å². The van der Waals surface area contributed by atoms with Gasteiger partial charge in [0.05, 0.1) is 6.33 Å². The third kappa shape index (κ3) is 4.12. The van der Waals surface area contributed by atoms with E-state index in [-0.39, 0.29) is 17.3 Å². The lowest BCUT2D eigenvalue weighted by Gasteiger charge is -2.15. The van der Waals surface area contributed by atoms with Crippen molar-refractivity contribution in [1.29, 1.82) is 0 Å². The summed E-state index contributed by atoms with van der Waals surface area (Å²) < 4.78 is 4.34. The highest BCUT2D eigenvalue weighted by atomic mass is 16.3. The van der Waals surface area contributed by atoms with Crippen molar-refractivity contribution in [2.45, 2.75) is 46.2 Å². The average molecular weight is 399 g/mol. The molecule has 29 heavy (non-hydrogen) atoms. The van der Waals surface area contributed by atoms with Crippen molar-refractivity contribution in [2.24, 2.45) is 14.1 Å². The first kappa shape index (κ1) is 20.9. The van der Waals surface area contributed by atoms with E-state index in [1.807, 2.05) is 30.5 Å². The molecule has 2 heterocycles. The highest BCUT2D eigenvalue weighted by Gasteiger charge is 2.14. The van der Waals surface area contributed by atoms with Crippen molar-refractivity contribution in [1.82, 2.24) is 24.0 Å². The Morgan fingerprint density at radius 2 is 1.79 bits per heavy atom. The number of phenols is 1. The van der Waals surface area contributed by atoms with E-state index in [0.29, 0.717) is 23.5 Å². The van der Waals surface area contributed by atoms with E-state index in [2.05, 4.69) is 17.2 Å². The van der Waals surface area contributed by atoms with Crippen LogP contribution in [0.4, 0.5) is 0 Å². The Kier molecular flexibility index (Phi) is 5.93. The quantitative estimate of drug-likeness (QED) is 0.626. The van der Waals surface area contributed by atoms with Gasteiger partial charge < -0.3 is 15.0 Å². The summed E-state index contributed by atoms with van der Waals surface area (Å²) in [5.41, 5.74) is 3.17. The van der Waals surface area contributed by atoms with Crippen LogP contribution in [-0.2, 0) is 27.1 Å². The van der Waals surface area contributed by atoms with Crippen molar-refractivity contribution < 1.29 is 5.11 Å². The largest absolute Gasteiger partial charge is 0.507 e. The molecule has 0 aliphatic rings. The van der Waals surface area contributed by atoms with E-state index in [0.717, 1.165) is 35.1 Å². The molecular weight excluding hydrogens is 370 g/mol. The topological polar surface area (TPSA) is 94.1 Å². The molecule has 0 radical (unpaired) electrons. The van der Waals surface area contributed by atoms with Crippen molar-refractivity contribution in [2.75, 3.05) is 6.54 Å². The second-order valence-corrected chi connectivity index (χ2v) is 7.79. The van der Waals surface area contributed by atoms with Gasteiger partial charge in [0.25, 0.3) is 5.56 Å². The number of hydrogen-bond donors (Lipinski definition) is 2. The van der Waals surface area contributed by atoms with Crippen molar-refractivity contribution >= 4 is 11.2 Å². The molecule has 0 aliphatic heterocycles. The Labute approximate surface area is 169 Å². The summed E-state index contributed by atoms with van der Waals surface area (Å²) in [5.74, 6) is 0.367. The molecule has 156 valence electrons. The van der Waals surface area contributed by atoms with Gasteiger partial charge >= 0.3 is 5.69 Å². The number of benzene rings is 1. The van der Waals surface area contributed by atoms with Gasteiger partial charge in [0.15, 0.2) is 11.2 Å².